The van der Waals surface area contributed by atoms with Crippen molar-refractivity contribution in [1.82, 2.24) is 4.90 Å². The van der Waals surface area contributed by atoms with E-state index >= 15 is 0 Å². The van der Waals surface area contributed by atoms with Crippen LogP contribution in [0.5, 0.6) is 11.5 Å². The number of ether oxygens (including phenoxy) is 3. The SMILES string of the molecule is COc1ccc2c(c1OC)C(=O)O[C@H]2N1C(=O)CC[C@@H]1C(=O)Nc1ccc(F)cc1. The molecular formula is C21H19FN2O6. The van der Waals surface area contributed by atoms with Gasteiger partial charge in [0.2, 0.25) is 18.0 Å². The van der Waals surface area contributed by atoms with Gasteiger partial charge in [-0.2, -0.15) is 0 Å². The van der Waals surface area contributed by atoms with Crippen molar-refractivity contribution < 1.29 is 33.0 Å². The largest absolute Gasteiger partial charge is 0.493 e. The molecule has 2 amide bonds. The fourth-order valence-electron chi connectivity index (χ4n) is 3.80. The average Bonchev–Trinajstić information content (AvgIpc) is 3.28. The van der Waals surface area contributed by atoms with E-state index in [4.69, 9.17) is 14.2 Å². The molecule has 8 nitrogen and oxygen atoms in total. The highest BCUT2D eigenvalue weighted by Crippen LogP contribution is 2.45. The molecule has 2 aliphatic heterocycles. The first-order chi connectivity index (χ1) is 14.4. The Balaban J connectivity index is 1.64. The first kappa shape index (κ1) is 19.7. The van der Waals surface area contributed by atoms with Crippen LogP contribution in [-0.2, 0) is 14.3 Å². The molecule has 30 heavy (non-hydrogen) atoms. The summed E-state index contributed by atoms with van der Waals surface area (Å²) in [5.74, 6) is -1.28. The summed E-state index contributed by atoms with van der Waals surface area (Å²) in [5, 5.41) is 2.68. The predicted octanol–water partition coefficient (Wildman–Crippen LogP) is 2.64. The van der Waals surface area contributed by atoms with Gasteiger partial charge in [0, 0.05) is 17.7 Å². The van der Waals surface area contributed by atoms with Crippen molar-refractivity contribution in [1.29, 1.82) is 0 Å². The van der Waals surface area contributed by atoms with Gasteiger partial charge in [0.05, 0.1) is 14.2 Å². The molecule has 0 bridgehead atoms. The first-order valence-electron chi connectivity index (χ1n) is 9.28. The molecule has 0 spiro atoms. The number of hydrogen-bond donors (Lipinski definition) is 1. The Kier molecular flexibility index (Phi) is 5.03. The highest BCUT2D eigenvalue weighted by molar-refractivity contribution is 6.01. The minimum atomic E-state index is -1.05. The lowest BCUT2D eigenvalue weighted by Gasteiger charge is -2.29. The zero-order valence-corrected chi connectivity index (χ0v) is 16.3. The highest BCUT2D eigenvalue weighted by atomic mass is 19.1. The molecule has 2 heterocycles. The number of hydrogen-bond acceptors (Lipinski definition) is 6. The molecule has 2 aromatic carbocycles. The number of amides is 2. The lowest BCUT2D eigenvalue weighted by Crippen LogP contribution is -2.43. The van der Waals surface area contributed by atoms with E-state index in [2.05, 4.69) is 5.32 Å². The van der Waals surface area contributed by atoms with E-state index < -0.39 is 30.0 Å². The van der Waals surface area contributed by atoms with Gasteiger partial charge in [0.1, 0.15) is 17.4 Å². The van der Waals surface area contributed by atoms with Crippen molar-refractivity contribution in [3.05, 3.63) is 53.3 Å². The predicted molar refractivity (Wildman–Crippen MR) is 103 cm³/mol. The Labute approximate surface area is 171 Å². The van der Waals surface area contributed by atoms with E-state index in [9.17, 15) is 18.8 Å². The Bertz CT molecular complexity index is 1020. The molecule has 2 aromatic rings. The summed E-state index contributed by atoms with van der Waals surface area (Å²) in [4.78, 5) is 39.3. The van der Waals surface area contributed by atoms with Gasteiger partial charge in [-0.25, -0.2) is 9.18 Å². The molecule has 0 radical (unpaired) electrons. The van der Waals surface area contributed by atoms with E-state index in [1.165, 1.54) is 43.4 Å². The third-order valence-corrected chi connectivity index (χ3v) is 5.19. The van der Waals surface area contributed by atoms with Crippen LogP contribution in [0.3, 0.4) is 0 Å². The fraction of sp³-hybridized carbons (Fsp3) is 0.286. The zero-order valence-electron chi connectivity index (χ0n) is 16.3. The maximum Gasteiger partial charge on any atom is 0.344 e. The minimum Gasteiger partial charge on any atom is -0.493 e. The molecule has 0 aromatic heterocycles. The molecule has 1 saturated heterocycles. The molecule has 2 atom stereocenters. The molecule has 156 valence electrons. The van der Waals surface area contributed by atoms with Crippen LogP contribution in [0, 0.1) is 5.82 Å². The van der Waals surface area contributed by atoms with E-state index in [1.807, 2.05) is 0 Å². The monoisotopic (exact) mass is 414 g/mol. The van der Waals surface area contributed by atoms with E-state index in [0.29, 0.717) is 17.0 Å². The summed E-state index contributed by atoms with van der Waals surface area (Å²) < 4.78 is 29.1. The molecule has 9 heteroatoms. The van der Waals surface area contributed by atoms with Crippen LogP contribution in [0.1, 0.15) is 35.0 Å². The summed E-state index contributed by atoms with van der Waals surface area (Å²) in [6.07, 6.45) is -0.646. The van der Waals surface area contributed by atoms with Crippen molar-refractivity contribution >= 4 is 23.5 Å². The molecule has 1 N–H and O–H groups in total. The molecule has 0 aliphatic carbocycles. The number of halogens is 1. The van der Waals surface area contributed by atoms with E-state index in [1.54, 1.807) is 12.1 Å². The number of carbonyl (C=O) groups is 3. The number of benzene rings is 2. The van der Waals surface area contributed by atoms with Crippen LogP contribution in [0.4, 0.5) is 10.1 Å². The second-order valence-electron chi connectivity index (χ2n) is 6.87. The normalized spacial score (nSPS) is 20.0. The highest BCUT2D eigenvalue weighted by Gasteiger charge is 2.47. The van der Waals surface area contributed by atoms with Crippen molar-refractivity contribution in [3.63, 3.8) is 0 Å². The zero-order chi connectivity index (χ0) is 21.4. The number of methoxy groups -OCH3 is 2. The summed E-state index contributed by atoms with van der Waals surface area (Å²) in [5.41, 5.74) is 0.989. The Morgan fingerprint density at radius 3 is 2.53 bits per heavy atom. The van der Waals surface area contributed by atoms with Gasteiger partial charge >= 0.3 is 5.97 Å². The van der Waals surface area contributed by atoms with Crippen LogP contribution in [0.25, 0.3) is 0 Å². The molecule has 2 aliphatic rings. The summed E-state index contributed by atoms with van der Waals surface area (Å²) in [6, 6.07) is 7.68. The van der Waals surface area contributed by atoms with Crippen LogP contribution in [-0.4, -0.2) is 42.9 Å². The maximum atomic E-state index is 13.1. The first-order valence-corrected chi connectivity index (χ1v) is 9.28. The second kappa shape index (κ2) is 7.66. The number of nitrogens with one attached hydrogen (secondary N) is 1. The quantitative estimate of drug-likeness (QED) is 0.756. The number of rotatable bonds is 5. The number of likely N-dealkylation sites (tertiary alicyclic amines) is 1. The Hall–Kier alpha value is -3.62. The average molecular weight is 414 g/mol. The van der Waals surface area contributed by atoms with Gasteiger partial charge in [-0.3, -0.25) is 14.5 Å². The minimum absolute atomic E-state index is 0.137. The molecule has 1 fully saturated rings. The Morgan fingerprint density at radius 1 is 1.13 bits per heavy atom. The molecular weight excluding hydrogens is 395 g/mol. The van der Waals surface area contributed by atoms with E-state index in [0.717, 1.165) is 0 Å². The number of anilines is 1. The smallest absolute Gasteiger partial charge is 0.344 e. The summed E-state index contributed by atoms with van der Waals surface area (Å²) in [6.45, 7) is 0. The number of cyclic esters (lactones) is 1. The second-order valence-corrected chi connectivity index (χ2v) is 6.87. The molecule has 4 rings (SSSR count). The van der Waals surface area contributed by atoms with Crippen LogP contribution >= 0.6 is 0 Å². The van der Waals surface area contributed by atoms with Crippen molar-refractivity contribution in [3.8, 4) is 11.5 Å². The van der Waals surface area contributed by atoms with Gasteiger partial charge in [-0.1, -0.05) is 0 Å². The third-order valence-electron chi connectivity index (χ3n) is 5.19. The standard InChI is InChI=1S/C21H19FN2O6/c1-28-15-9-7-13-17(18(15)29-2)21(27)30-20(13)24-14(8-10-16(24)25)19(26)23-12-5-3-11(22)4-6-12/h3-7,9,14,20H,8,10H2,1-2H3,(H,23,26)/t14-,20-/m1/s1. The van der Waals surface area contributed by atoms with Crippen LogP contribution in [0.2, 0.25) is 0 Å². The summed E-state index contributed by atoms with van der Waals surface area (Å²) >= 11 is 0. The van der Waals surface area contributed by atoms with Crippen LogP contribution in [0.15, 0.2) is 36.4 Å². The number of carbonyl (C=O) groups excluding carboxylic acids is 3. The molecule has 0 unspecified atom stereocenters. The Morgan fingerprint density at radius 2 is 1.87 bits per heavy atom. The van der Waals surface area contributed by atoms with Gasteiger partial charge in [-0.05, 0) is 42.8 Å². The number of esters is 1. The van der Waals surface area contributed by atoms with Gasteiger partial charge in [0.15, 0.2) is 11.5 Å². The number of fused-ring (bicyclic) bond motifs is 1. The third kappa shape index (κ3) is 3.22. The van der Waals surface area contributed by atoms with Gasteiger partial charge in [-0.15, -0.1) is 0 Å². The summed E-state index contributed by atoms with van der Waals surface area (Å²) in [7, 11) is 2.85. The number of nitrogens with zero attached hydrogens (tertiary/aromatic N) is 1. The van der Waals surface area contributed by atoms with Gasteiger partial charge in [0.25, 0.3) is 0 Å². The lowest BCUT2D eigenvalue weighted by atomic mass is 10.1. The van der Waals surface area contributed by atoms with Crippen molar-refractivity contribution in [2.45, 2.75) is 25.1 Å². The lowest BCUT2D eigenvalue weighted by molar-refractivity contribution is -0.144. The molecule has 0 saturated carbocycles. The van der Waals surface area contributed by atoms with Gasteiger partial charge < -0.3 is 19.5 Å². The van der Waals surface area contributed by atoms with Crippen molar-refractivity contribution in [2.75, 3.05) is 19.5 Å². The van der Waals surface area contributed by atoms with Crippen LogP contribution < -0.4 is 14.8 Å². The van der Waals surface area contributed by atoms with Crippen molar-refractivity contribution in [2.24, 2.45) is 0 Å². The topological polar surface area (TPSA) is 94.2 Å². The fourth-order valence-corrected chi connectivity index (χ4v) is 3.80. The van der Waals surface area contributed by atoms with E-state index in [-0.39, 0.29) is 30.1 Å². The maximum absolute atomic E-state index is 13.1.